The average Bonchev–Trinajstić information content (AvgIpc) is 2.43. The second-order valence-corrected chi connectivity index (χ2v) is 8.25. The summed E-state index contributed by atoms with van der Waals surface area (Å²) in [6.45, 7) is 5.74. The summed E-state index contributed by atoms with van der Waals surface area (Å²) in [4.78, 5) is 2.54. The summed E-state index contributed by atoms with van der Waals surface area (Å²) in [5.74, 6) is 0.717. The van der Waals surface area contributed by atoms with Gasteiger partial charge >= 0.3 is 0 Å². The number of nitrogens with zero attached hydrogens (tertiary/aromatic N) is 1. The van der Waals surface area contributed by atoms with E-state index in [1.54, 1.807) is 24.3 Å². The van der Waals surface area contributed by atoms with Crippen molar-refractivity contribution in [3.63, 3.8) is 0 Å². The SMILES string of the molecule is CC(C)CCN(C)CCS(=O)(=O)c1cccc(C(N)=S)c1. The summed E-state index contributed by atoms with van der Waals surface area (Å²) in [6, 6.07) is 6.52. The molecule has 2 N–H and O–H groups in total. The second-order valence-electron chi connectivity index (χ2n) is 5.70. The molecule has 0 saturated heterocycles. The van der Waals surface area contributed by atoms with Gasteiger partial charge in [0.2, 0.25) is 0 Å². The monoisotopic (exact) mass is 328 g/mol. The summed E-state index contributed by atoms with van der Waals surface area (Å²) >= 11 is 4.88. The molecule has 1 rings (SSSR count). The van der Waals surface area contributed by atoms with Crippen molar-refractivity contribution in [1.29, 1.82) is 0 Å². The molecular formula is C15H24N2O2S2. The van der Waals surface area contributed by atoms with E-state index < -0.39 is 9.84 Å². The lowest BCUT2D eigenvalue weighted by Crippen LogP contribution is -2.27. The van der Waals surface area contributed by atoms with E-state index in [4.69, 9.17) is 18.0 Å². The van der Waals surface area contributed by atoms with Crippen LogP contribution in [0, 0.1) is 5.92 Å². The summed E-state index contributed by atoms with van der Waals surface area (Å²) in [5.41, 5.74) is 6.13. The molecule has 0 heterocycles. The van der Waals surface area contributed by atoms with Gasteiger partial charge in [0.25, 0.3) is 0 Å². The van der Waals surface area contributed by atoms with Gasteiger partial charge in [0.1, 0.15) is 4.99 Å². The van der Waals surface area contributed by atoms with Gasteiger partial charge in [-0.3, -0.25) is 0 Å². The molecule has 0 saturated carbocycles. The fraction of sp³-hybridized carbons (Fsp3) is 0.533. The third-order valence-corrected chi connectivity index (χ3v) is 5.24. The largest absolute Gasteiger partial charge is 0.389 e. The van der Waals surface area contributed by atoms with Gasteiger partial charge in [-0.05, 0) is 38.1 Å². The molecule has 4 nitrogen and oxygen atoms in total. The maximum absolute atomic E-state index is 12.3. The molecule has 0 spiro atoms. The Kier molecular flexibility index (Phi) is 6.77. The van der Waals surface area contributed by atoms with Crippen LogP contribution in [-0.2, 0) is 9.84 Å². The zero-order valence-corrected chi connectivity index (χ0v) is 14.5. The number of hydrogen-bond acceptors (Lipinski definition) is 4. The first-order valence-corrected chi connectivity index (χ1v) is 9.09. The molecule has 1 aromatic carbocycles. The topological polar surface area (TPSA) is 63.4 Å². The molecule has 21 heavy (non-hydrogen) atoms. The van der Waals surface area contributed by atoms with Gasteiger partial charge in [-0.25, -0.2) is 8.42 Å². The Morgan fingerprint density at radius 3 is 2.57 bits per heavy atom. The minimum absolute atomic E-state index is 0.0996. The Labute approximate surface area is 133 Å². The van der Waals surface area contributed by atoms with Gasteiger partial charge in [0, 0.05) is 12.1 Å². The summed E-state index contributed by atoms with van der Waals surface area (Å²) in [5, 5.41) is 0. The second kappa shape index (κ2) is 7.87. The lowest BCUT2D eigenvalue weighted by molar-refractivity contribution is 0.326. The smallest absolute Gasteiger partial charge is 0.179 e. The summed E-state index contributed by atoms with van der Waals surface area (Å²) in [7, 11) is -1.36. The van der Waals surface area contributed by atoms with Crippen LogP contribution in [-0.4, -0.2) is 44.2 Å². The highest BCUT2D eigenvalue weighted by atomic mass is 32.2. The molecule has 0 aliphatic heterocycles. The maximum atomic E-state index is 12.3. The van der Waals surface area contributed by atoms with Crippen molar-refractivity contribution in [2.24, 2.45) is 11.7 Å². The first-order chi connectivity index (χ1) is 9.72. The molecule has 0 atom stereocenters. The molecule has 6 heteroatoms. The number of thiocarbonyl (C=S) groups is 1. The molecule has 0 fully saturated rings. The van der Waals surface area contributed by atoms with Crippen LogP contribution >= 0.6 is 12.2 Å². The van der Waals surface area contributed by atoms with Crippen molar-refractivity contribution in [1.82, 2.24) is 4.90 Å². The van der Waals surface area contributed by atoms with Crippen molar-refractivity contribution >= 4 is 27.0 Å². The van der Waals surface area contributed by atoms with Crippen molar-refractivity contribution in [3.05, 3.63) is 29.8 Å². The van der Waals surface area contributed by atoms with Crippen LogP contribution in [0.3, 0.4) is 0 Å². The molecule has 0 aliphatic rings. The van der Waals surface area contributed by atoms with Crippen LogP contribution < -0.4 is 5.73 Å². The molecular weight excluding hydrogens is 304 g/mol. The van der Waals surface area contributed by atoms with Gasteiger partial charge in [-0.15, -0.1) is 0 Å². The van der Waals surface area contributed by atoms with Gasteiger partial charge in [-0.1, -0.05) is 38.2 Å². The average molecular weight is 329 g/mol. The Bertz CT molecular complexity index is 583. The van der Waals surface area contributed by atoms with Crippen LogP contribution in [0.2, 0.25) is 0 Å². The van der Waals surface area contributed by atoms with Gasteiger partial charge in [0.05, 0.1) is 10.6 Å². The van der Waals surface area contributed by atoms with Gasteiger partial charge < -0.3 is 10.6 Å². The van der Waals surface area contributed by atoms with E-state index >= 15 is 0 Å². The van der Waals surface area contributed by atoms with Crippen molar-refractivity contribution in [3.8, 4) is 0 Å². The van der Waals surface area contributed by atoms with Gasteiger partial charge in [-0.2, -0.15) is 0 Å². The number of benzene rings is 1. The highest BCUT2D eigenvalue weighted by Crippen LogP contribution is 2.14. The minimum Gasteiger partial charge on any atom is -0.389 e. The zero-order chi connectivity index (χ0) is 16.0. The first kappa shape index (κ1) is 18.1. The van der Waals surface area contributed by atoms with E-state index in [2.05, 4.69) is 18.7 Å². The quantitative estimate of drug-likeness (QED) is 0.740. The van der Waals surface area contributed by atoms with E-state index in [0.29, 0.717) is 18.0 Å². The Hall–Kier alpha value is -0.980. The molecule has 0 bridgehead atoms. The summed E-state index contributed by atoms with van der Waals surface area (Å²) in [6.07, 6.45) is 1.06. The normalized spacial score (nSPS) is 12.0. The molecule has 0 aromatic heterocycles. The van der Waals surface area contributed by atoms with E-state index in [1.807, 2.05) is 7.05 Å². The van der Waals surface area contributed by atoms with E-state index in [9.17, 15) is 8.42 Å². The molecule has 0 unspecified atom stereocenters. The molecule has 118 valence electrons. The lowest BCUT2D eigenvalue weighted by Gasteiger charge is -2.17. The fourth-order valence-corrected chi connectivity index (χ4v) is 3.33. The molecule has 0 radical (unpaired) electrons. The highest BCUT2D eigenvalue weighted by Gasteiger charge is 2.16. The Morgan fingerprint density at radius 1 is 1.33 bits per heavy atom. The fourth-order valence-electron chi connectivity index (χ4n) is 1.83. The number of rotatable bonds is 8. The van der Waals surface area contributed by atoms with Crippen LogP contribution in [0.15, 0.2) is 29.2 Å². The number of nitrogens with two attached hydrogens (primary N) is 1. The zero-order valence-electron chi connectivity index (χ0n) is 12.9. The molecule has 0 amide bonds. The predicted molar refractivity (Wildman–Crippen MR) is 91.3 cm³/mol. The highest BCUT2D eigenvalue weighted by molar-refractivity contribution is 7.91. The van der Waals surface area contributed by atoms with Crippen molar-refractivity contribution < 1.29 is 8.42 Å². The van der Waals surface area contributed by atoms with E-state index in [0.717, 1.165) is 13.0 Å². The van der Waals surface area contributed by atoms with E-state index in [-0.39, 0.29) is 15.6 Å². The van der Waals surface area contributed by atoms with Crippen LogP contribution in [0.5, 0.6) is 0 Å². The predicted octanol–water partition coefficient (Wildman–Crippen LogP) is 2.07. The summed E-state index contributed by atoms with van der Waals surface area (Å²) < 4.78 is 24.7. The Morgan fingerprint density at radius 2 is 2.00 bits per heavy atom. The van der Waals surface area contributed by atoms with E-state index in [1.165, 1.54) is 0 Å². The van der Waals surface area contributed by atoms with Crippen molar-refractivity contribution in [2.75, 3.05) is 25.9 Å². The molecule has 1 aromatic rings. The van der Waals surface area contributed by atoms with Crippen molar-refractivity contribution in [2.45, 2.75) is 25.2 Å². The third-order valence-electron chi connectivity index (χ3n) is 3.31. The first-order valence-electron chi connectivity index (χ1n) is 7.03. The lowest BCUT2D eigenvalue weighted by atomic mass is 10.1. The number of sulfone groups is 1. The van der Waals surface area contributed by atoms with Crippen LogP contribution in [0.1, 0.15) is 25.8 Å². The standard InChI is InChI=1S/C15H24N2O2S2/c1-12(2)7-8-17(3)9-10-21(18,19)14-6-4-5-13(11-14)15(16)20/h4-6,11-12H,7-10H2,1-3H3,(H2,16,20). The maximum Gasteiger partial charge on any atom is 0.179 e. The van der Waals surface area contributed by atoms with Gasteiger partial charge in [0.15, 0.2) is 9.84 Å². The Balaban J connectivity index is 2.69. The molecule has 0 aliphatic carbocycles. The minimum atomic E-state index is -3.31. The van der Waals surface area contributed by atoms with Crippen LogP contribution in [0.4, 0.5) is 0 Å². The number of hydrogen-bond donors (Lipinski definition) is 1. The third kappa shape index (κ3) is 6.11. The van der Waals surface area contributed by atoms with Crippen LogP contribution in [0.25, 0.3) is 0 Å².